The van der Waals surface area contributed by atoms with Gasteiger partial charge in [-0.15, -0.1) is 6.58 Å². The van der Waals surface area contributed by atoms with Gasteiger partial charge in [0.15, 0.2) is 0 Å². The number of alkyl halides is 1. The second-order valence-electron chi connectivity index (χ2n) is 9.45. The Hall–Kier alpha value is -0.953. The van der Waals surface area contributed by atoms with Crippen molar-refractivity contribution in [2.75, 3.05) is 11.0 Å². The van der Waals surface area contributed by atoms with Crippen LogP contribution in [0.1, 0.15) is 40.5 Å². The highest BCUT2D eigenvalue weighted by Gasteiger charge is 2.51. The van der Waals surface area contributed by atoms with E-state index in [2.05, 4.69) is 118 Å². The van der Waals surface area contributed by atoms with Crippen LogP contribution in [0.3, 0.4) is 0 Å². The first-order valence-electron chi connectivity index (χ1n) is 10.9. The topological polar surface area (TPSA) is 18.5 Å². The molecule has 0 saturated carbocycles. The number of halogens is 1. The highest BCUT2D eigenvalue weighted by atomic mass is 127. The standard InChI is InChI=1S/C26H35IO2Si/c1-6-26(21(2)19-22(20-27)29-26)17-18-28-30(25(3,4)5,23-13-9-7-10-14-23)24-15-11-8-12-16-24/h6-16,21-22H,1,17-20H2,2-5H3. The van der Waals surface area contributed by atoms with Crippen molar-refractivity contribution in [2.45, 2.75) is 57.3 Å². The lowest BCUT2D eigenvalue weighted by molar-refractivity contribution is -0.0240. The smallest absolute Gasteiger partial charge is 0.261 e. The predicted molar refractivity (Wildman–Crippen MR) is 139 cm³/mol. The summed E-state index contributed by atoms with van der Waals surface area (Å²) >= 11 is 2.43. The third-order valence-electron chi connectivity index (χ3n) is 6.58. The molecule has 3 atom stereocenters. The van der Waals surface area contributed by atoms with Crippen LogP contribution in [0.4, 0.5) is 0 Å². The summed E-state index contributed by atoms with van der Waals surface area (Å²) < 4.78 is 14.6. The van der Waals surface area contributed by atoms with Gasteiger partial charge in [0.2, 0.25) is 0 Å². The first kappa shape index (κ1) is 23.7. The highest BCUT2D eigenvalue weighted by molar-refractivity contribution is 14.1. The molecule has 0 bridgehead atoms. The fraction of sp³-hybridized carbons (Fsp3) is 0.462. The van der Waals surface area contributed by atoms with E-state index in [1.807, 2.05) is 6.08 Å². The molecule has 0 spiro atoms. The number of ether oxygens (including phenoxy) is 1. The third kappa shape index (κ3) is 4.47. The van der Waals surface area contributed by atoms with Crippen LogP contribution >= 0.6 is 22.6 Å². The lowest BCUT2D eigenvalue weighted by Gasteiger charge is -2.43. The van der Waals surface area contributed by atoms with E-state index in [0.717, 1.165) is 17.3 Å². The van der Waals surface area contributed by atoms with Crippen LogP contribution in [0.2, 0.25) is 5.04 Å². The van der Waals surface area contributed by atoms with Crippen molar-refractivity contribution < 1.29 is 9.16 Å². The molecular weight excluding hydrogens is 499 g/mol. The Labute approximate surface area is 197 Å². The summed E-state index contributed by atoms with van der Waals surface area (Å²) in [7, 11) is -2.51. The summed E-state index contributed by atoms with van der Waals surface area (Å²) in [5, 5.41) is 2.63. The van der Waals surface area contributed by atoms with E-state index in [1.165, 1.54) is 10.4 Å². The van der Waals surface area contributed by atoms with Gasteiger partial charge in [-0.25, -0.2) is 0 Å². The number of benzene rings is 2. The Bertz CT molecular complexity index is 778. The molecule has 1 fully saturated rings. The first-order valence-corrected chi connectivity index (χ1v) is 14.3. The Kier molecular flexibility index (Phi) is 7.65. The molecule has 1 aliphatic rings. The molecule has 0 aromatic heterocycles. The molecule has 1 saturated heterocycles. The van der Waals surface area contributed by atoms with Crippen molar-refractivity contribution in [3.63, 3.8) is 0 Å². The Morgan fingerprint density at radius 1 is 1.10 bits per heavy atom. The van der Waals surface area contributed by atoms with Gasteiger partial charge < -0.3 is 9.16 Å². The molecule has 30 heavy (non-hydrogen) atoms. The number of hydrogen-bond acceptors (Lipinski definition) is 2. The van der Waals surface area contributed by atoms with E-state index in [1.54, 1.807) is 0 Å². The Morgan fingerprint density at radius 3 is 2.03 bits per heavy atom. The minimum atomic E-state index is -2.51. The molecule has 3 rings (SSSR count). The van der Waals surface area contributed by atoms with E-state index in [4.69, 9.17) is 9.16 Å². The molecule has 0 amide bonds. The Balaban J connectivity index is 1.95. The van der Waals surface area contributed by atoms with Gasteiger partial charge in [0.1, 0.15) is 0 Å². The van der Waals surface area contributed by atoms with Gasteiger partial charge in [0, 0.05) is 17.5 Å². The summed E-state index contributed by atoms with van der Waals surface area (Å²) in [6, 6.07) is 21.7. The quantitative estimate of drug-likeness (QED) is 0.186. The summed E-state index contributed by atoms with van der Waals surface area (Å²) in [6.07, 6.45) is 4.27. The maximum Gasteiger partial charge on any atom is 0.261 e. The summed E-state index contributed by atoms with van der Waals surface area (Å²) in [6.45, 7) is 14.1. The highest BCUT2D eigenvalue weighted by Crippen LogP contribution is 2.42. The largest absolute Gasteiger partial charge is 0.407 e. The fourth-order valence-electron chi connectivity index (χ4n) is 4.94. The first-order chi connectivity index (χ1) is 14.3. The van der Waals surface area contributed by atoms with Crippen molar-refractivity contribution in [1.29, 1.82) is 0 Å². The van der Waals surface area contributed by atoms with Gasteiger partial charge in [0.05, 0.1) is 11.7 Å². The maximum absolute atomic E-state index is 7.08. The molecule has 2 aromatic carbocycles. The summed E-state index contributed by atoms with van der Waals surface area (Å²) in [5.74, 6) is 0.456. The minimum Gasteiger partial charge on any atom is -0.407 e. The van der Waals surface area contributed by atoms with E-state index in [0.29, 0.717) is 18.6 Å². The van der Waals surface area contributed by atoms with Crippen LogP contribution in [0.25, 0.3) is 0 Å². The number of rotatable bonds is 8. The third-order valence-corrected chi connectivity index (χ3v) is 12.6. The summed E-state index contributed by atoms with van der Waals surface area (Å²) in [5.41, 5.74) is -0.290. The van der Waals surface area contributed by atoms with Gasteiger partial charge in [-0.05, 0) is 27.8 Å². The monoisotopic (exact) mass is 534 g/mol. The zero-order valence-corrected chi connectivity index (χ0v) is 21.9. The molecule has 2 aromatic rings. The summed E-state index contributed by atoms with van der Waals surface area (Å²) in [4.78, 5) is 0. The zero-order chi connectivity index (χ0) is 21.8. The van der Waals surface area contributed by atoms with Crippen LogP contribution in [-0.2, 0) is 9.16 Å². The Morgan fingerprint density at radius 2 is 1.63 bits per heavy atom. The normalized spacial score (nSPS) is 24.7. The second kappa shape index (κ2) is 9.68. The van der Waals surface area contributed by atoms with Gasteiger partial charge >= 0.3 is 0 Å². The zero-order valence-electron chi connectivity index (χ0n) is 18.7. The molecule has 0 aliphatic carbocycles. The maximum atomic E-state index is 7.08. The SMILES string of the molecule is C=CC1(CCO[Si](c2ccccc2)(c2ccccc2)C(C)(C)C)OC(CI)CC1C. The molecule has 4 heteroatoms. The minimum absolute atomic E-state index is 0.00998. The predicted octanol–water partition coefficient (Wildman–Crippen LogP) is 5.74. The lowest BCUT2D eigenvalue weighted by Crippen LogP contribution is -2.66. The van der Waals surface area contributed by atoms with E-state index < -0.39 is 8.32 Å². The van der Waals surface area contributed by atoms with Crippen LogP contribution < -0.4 is 10.4 Å². The van der Waals surface area contributed by atoms with E-state index in [9.17, 15) is 0 Å². The van der Waals surface area contributed by atoms with Gasteiger partial charge in [-0.1, -0.05) is 117 Å². The van der Waals surface area contributed by atoms with Crippen LogP contribution in [0.5, 0.6) is 0 Å². The molecule has 3 unspecified atom stereocenters. The molecule has 162 valence electrons. The number of hydrogen-bond donors (Lipinski definition) is 0. The van der Waals surface area contributed by atoms with Crippen molar-refractivity contribution >= 4 is 41.3 Å². The van der Waals surface area contributed by atoms with Crippen molar-refractivity contribution in [2.24, 2.45) is 5.92 Å². The molecule has 2 nitrogen and oxygen atoms in total. The molecule has 1 aliphatic heterocycles. The fourth-order valence-corrected chi connectivity index (χ4v) is 10.0. The van der Waals surface area contributed by atoms with Crippen molar-refractivity contribution in [3.8, 4) is 0 Å². The van der Waals surface area contributed by atoms with Crippen LogP contribution in [-0.4, -0.2) is 31.1 Å². The van der Waals surface area contributed by atoms with Gasteiger partial charge in [-0.2, -0.15) is 0 Å². The van der Waals surface area contributed by atoms with Crippen molar-refractivity contribution in [1.82, 2.24) is 0 Å². The van der Waals surface area contributed by atoms with Gasteiger partial charge in [0.25, 0.3) is 8.32 Å². The van der Waals surface area contributed by atoms with Gasteiger partial charge in [-0.3, -0.25) is 0 Å². The van der Waals surface area contributed by atoms with Crippen LogP contribution in [0.15, 0.2) is 73.3 Å². The van der Waals surface area contributed by atoms with E-state index >= 15 is 0 Å². The molecule has 0 N–H and O–H groups in total. The molecule has 0 radical (unpaired) electrons. The van der Waals surface area contributed by atoms with E-state index in [-0.39, 0.29) is 10.6 Å². The molecule has 1 heterocycles. The average Bonchev–Trinajstić information content (AvgIpc) is 3.07. The van der Waals surface area contributed by atoms with Crippen LogP contribution in [0, 0.1) is 5.92 Å². The van der Waals surface area contributed by atoms with Crippen molar-refractivity contribution in [3.05, 3.63) is 73.3 Å². The lowest BCUT2D eigenvalue weighted by atomic mass is 9.86. The molecular formula is C26H35IO2Si. The average molecular weight is 535 g/mol. The second-order valence-corrected chi connectivity index (χ2v) is 14.6.